The molecule has 0 spiro atoms. The summed E-state index contributed by atoms with van der Waals surface area (Å²) >= 11 is 1.53. The highest BCUT2D eigenvalue weighted by molar-refractivity contribution is 7.09. The fourth-order valence-corrected chi connectivity index (χ4v) is 2.82. The van der Waals surface area contributed by atoms with Gasteiger partial charge in [0.15, 0.2) is 0 Å². The van der Waals surface area contributed by atoms with Gasteiger partial charge in [-0.2, -0.15) is 5.10 Å². The summed E-state index contributed by atoms with van der Waals surface area (Å²) in [6.07, 6.45) is 2.55. The molecule has 0 radical (unpaired) electrons. The lowest BCUT2D eigenvalue weighted by Crippen LogP contribution is -2.29. The van der Waals surface area contributed by atoms with Crippen molar-refractivity contribution in [2.75, 3.05) is 0 Å². The SMILES string of the molecule is CCC(NC(=O)c1csc(C(C)C)n1)c1ccnn1C. The average Bonchev–Trinajstić information content (AvgIpc) is 3.04. The van der Waals surface area contributed by atoms with E-state index in [0.29, 0.717) is 11.6 Å². The van der Waals surface area contributed by atoms with Crippen molar-refractivity contribution in [2.24, 2.45) is 7.05 Å². The number of nitrogens with zero attached hydrogens (tertiary/aromatic N) is 3. The first-order valence-electron chi connectivity index (χ1n) is 6.77. The molecule has 108 valence electrons. The molecule has 0 saturated heterocycles. The number of nitrogens with one attached hydrogen (secondary N) is 1. The molecule has 2 aromatic rings. The second-order valence-electron chi connectivity index (χ2n) is 5.04. The van der Waals surface area contributed by atoms with Gasteiger partial charge in [0.25, 0.3) is 5.91 Å². The van der Waals surface area contributed by atoms with E-state index in [2.05, 4.69) is 29.2 Å². The lowest BCUT2D eigenvalue weighted by Gasteiger charge is -2.16. The minimum absolute atomic E-state index is 0.0424. The van der Waals surface area contributed by atoms with Gasteiger partial charge in [0.2, 0.25) is 0 Å². The zero-order chi connectivity index (χ0) is 14.7. The molecular weight excluding hydrogens is 272 g/mol. The van der Waals surface area contributed by atoms with E-state index in [9.17, 15) is 4.79 Å². The number of rotatable bonds is 5. The van der Waals surface area contributed by atoms with Gasteiger partial charge in [-0.25, -0.2) is 4.98 Å². The molecule has 0 aliphatic carbocycles. The summed E-state index contributed by atoms with van der Waals surface area (Å²) in [5.74, 6) is 0.224. The molecule has 5 nitrogen and oxygen atoms in total. The molecule has 20 heavy (non-hydrogen) atoms. The largest absolute Gasteiger partial charge is 0.342 e. The van der Waals surface area contributed by atoms with Crippen molar-refractivity contribution in [1.29, 1.82) is 0 Å². The Balaban J connectivity index is 2.11. The molecule has 1 atom stereocenters. The average molecular weight is 292 g/mol. The molecule has 1 N–H and O–H groups in total. The monoisotopic (exact) mass is 292 g/mol. The molecule has 1 unspecified atom stereocenters. The van der Waals surface area contributed by atoms with Crippen molar-refractivity contribution in [2.45, 2.75) is 39.2 Å². The number of hydrogen-bond donors (Lipinski definition) is 1. The number of hydrogen-bond acceptors (Lipinski definition) is 4. The van der Waals surface area contributed by atoms with Gasteiger partial charge in [0.1, 0.15) is 5.69 Å². The Bertz CT molecular complexity index is 588. The number of carbonyl (C=O) groups excluding carboxylic acids is 1. The van der Waals surface area contributed by atoms with Crippen molar-refractivity contribution < 1.29 is 4.79 Å². The molecule has 0 bridgehead atoms. The molecule has 6 heteroatoms. The normalized spacial score (nSPS) is 12.7. The molecule has 0 aromatic carbocycles. The predicted octanol–water partition coefficient (Wildman–Crippen LogP) is 2.88. The van der Waals surface area contributed by atoms with Crippen LogP contribution in [0, 0.1) is 0 Å². The molecule has 0 aliphatic rings. The van der Waals surface area contributed by atoms with Crippen LogP contribution in [0.4, 0.5) is 0 Å². The van der Waals surface area contributed by atoms with Crippen molar-refractivity contribution >= 4 is 17.2 Å². The number of aryl methyl sites for hydroxylation is 1. The molecule has 1 amide bonds. The third kappa shape index (κ3) is 3.07. The summed E-state index contributed by atoms with van der Waals surface area (Å²) in [6, 6.07) is 1.88. The highest BCUT2D eigenvalue weighted by atomic mass is 32.1. The Hall–Kier alpha value is -1.69. The minimum Gasteiger partial charge on any atom is -0.342 e. The molecule has 2 rings (SSSR count). The zero-order valence-corrected chi connectivity index (χ0v) is 13.1. The summed E-state index contributed by atoms with van der Waals surface area (Å²) < 4.78 is 1.79. The van der Waals surface area contributed by atoms with E-state index in [4.69, 9.17) is 0 Å². The Kier molecular flexibility index (Phi) is 4.54. The fraction of sp³-hybridized carbons (Fsp3) is 0.500. The van der Waals surface area contributed by atoms with Gasteiger partial charge in [-0.15, -0.1) is 11.3 Å². The van der Waals surface area contributed by atoms with Crippen LogP contribution in [0.2, 0.25) is 0 Å². The second kappa shape index (κ2) is 6.17. The molecule has 2 heterocycles. The molecular formula is C14H20N4OS. The minimum atomic E-state index is -0.124. The topological polar surface area (TPSA) is 59.8 Å². The van der Waals surface area contributed by atoms with Crippen LogP contribution in [0.1, 0.15) is 60.3 Å². The molecule has 2 aromatic heterocycles. The van der Waals surface area contributed by atoms with Gasteiger partial charge in [-0.05, 0) is 12.5 Å². The van der Waals surface area contributed by atoms with Crippen LogP contribution in [-0.2, 0) is 7.05 Å². The third-order valence-electron chi connectivity index (χ3n) is 3.18. The van der Waals surface area contributed by atoms with Gasteiger partial charge in [0.05, 0.1) is 16.7 Å². The smallest absolute Gasteiger partial charge is 0.271 e. The zero-order valence-electron chi connectivity index (χ0n) is 12.3. The van der Waals surface area contributed by atoms with Gasteiger partial charge < -0.3 is 5.32 Å². The highest BCUT2D eigenvalue weighted by Crippen LogP contribution is 2.20. The Labute approximate surface area is 123 Å². The fourth-order valence-electron chi connectivity index (χ4n) is 2.00. The van der Waals surface area contributed by atoms with Crippen LogP contribution in [0.5, 0.6) is 0 Å². The lowest BCUT2D eigenvalue weighted by molar-refractivity contribution is 0.0929. The number of carbonyl (C=O) groups is 1. The second-order valence-corrected chi connectivity index (χ2v) is 5.93. The van der Waals surface area contributed by atoms with E-state index in [-0.39, 0.29) is 11.9 Å². The third-order valence-corrected chi connectivity index (χ3v) is 4.32. The first-order chi connectivity index (χ1) is 9.52. The standard InChI is InChI=1S/C14H20N4OS/c1-5-10(12-6-7-15-18(12)4)16-13(19)11-8-20-14(17-11)9(2)3/h6-10H,5H2,1-4H3,(H,16,19). The predicted molar refractivity (Wildman–Crippen MR) is 79.9 cm³/mol. The maximum absolute atomic E-state index is 12.3. The molecule has 0 fully saturated rings. The van der Waals surface area contributed by atoms with E-state index in [1.807, 2.05) is 25.4 Å². The van der Waals surface area contributed by atoms with Gasteiger partial charge in [0, 0.05) is 24.5 Å². The molecule has 0 saturated carbocycles. The van der Waals surface area contributed by atoms with Crippen molar-refractivity contribution in [3.05, 3.63) is 34.0 Å². The lowest BCUT2D eigenvalue weighted by atomic mass is 10.1. The number of aromatic nitrogens is 3. The van der Waals surface area contributed by atoms with Crippen LogP contribution in [-0.4, -0.2) is 20.7 Å². The van der Waals surface area contributed by atoms with E-state index in [1.165, 1.54) is 11.3 Å². The van der Waals surface area contributed by atoms with Gasteiger partial charge >= 0.3 is 0 Å². The Morgan fingerprint density at radius 3 is 2.75 bits per heavy atom. The van der Waals surface area contributed by atoms with E-state index >= 15 is 0 Å². The van der Waals surface area contributed by atoms with Crippen LogP contribution in [0.3, 0.4) is 0 Å². The summed E-state index contributed by atoms with van der Waals surface area (Å²) in [4.78, 5) is 16.6. The van der Waals surface area contributed by atoms with Crippen LogP contribution in [0.15, 0.2) is 17.6 Å². The van der Waals surface area contributed by atoms with Crippen LogP contribution < -0.4 is 5.32 Å². The highest BCUT2D eigenvalue weighted by Gasteiger charge is 2.19. The number of thiazole rings is 1. The van der Waals surface area contributed by atoms with Crippen LogP contribution in [0.25, 0.3) is 0 Å². The van der Waals surface area contributed by atoms with Crippen molar-refractivity contribution in [3.63, 3.8) is 0 Å². The van der Waals surface area contributed by atoms with Crippen molar-refractivity contribution in [1.82, 2.24) is 20.1 Å². The maximum atomic E-state index is 12.3. The quantitative estimate of drug-likeness (QED) is 0.921. The van der Waals surface area contributed by atoms with Crippen molar-refractivity contribution in [3.8, 4) is 0 Å². The van der Waals surface area contributed by atoms with Gasteiger partial charge in [-0.1, -0.05) is 20.8 Å². The Morgan fingerprint density at radius 2 is 2.25 bits per heavy atom. The molecule has 0 aliphatic heterocycles. The number of amides is 1. The van der Waals surface area contributed by atoms with E-state index < -0.39 is 0 Å². The summed E-state index contributed by atoms with van der Waals surface area (Å²) in [5.41, 5.74) is 1.50. The first kappa shape index (κ1) is 14.7. The summed E-state index contributed by atoms with van der Waals surface area (Å²) in [7, 11) is 1.88. The van der Waals surface area contributed by atoms with Crippen LogP contribution >= 0.6 is 11.3 Å². The van der Waals surface area contributed by atoms with E-state index in [1.54, 1.807) is 10.9 Å². The Morgan fingerprint density at radius 1 is 1.50 bits per heavy atom. The van der Waals surface area contributed by atoms with Gasteiger partial charge in [-0.3, -0.25) is 9.48 Å². The first-order valence-corrected chi connectivity index (χ1v) is 7.65. The van der Waals surface area contributed by atoms with E-state index in [0.717, 1.165) is 17.1 Å². The summed E-state index contributed by atoms with van der Waals surface area (Å²) in [5, 5.41) is 9.98. The summed E-state index contributed by atoms with van der Waals surface area (Å²) in [6.45, 7) is 6.19. The maximum Gasteiger partial charge on any atom is 0.271 e.